The summed E-state index contributed by atoms with van der Waals surface area (Å²) in [5.74, 6) is -0.841. The Balaban J connectivity index is 2.37. The van der Waals surface area contributed by atoms with Gasteiger partial charge in [-0.25, -0.2) is 0 Å². The minimum absolute atomic E-state index is 0.00516. The van der Waals surface area contributed by atoms with E-state index in [-0.39, 0.29) is 18.4 Å². The van der Waals surface area contributed by atoms with Crippen LogP contribution in [0.1, 0.15) is 25.8 Å². The number of nitrogens with one attached hydrogen (secondary N) is 1. The molecule has 0 saturated carbocycles. The fraction of sp³-hybridized carbons (Fsp3) is 0.467. The van der Waals surface area contributed by atoms with Crippen molar-refractivity contribution in [2.75, 3.05) is 6.61 Å². The summed E-state index contributed by atoms with van der Waals surface area (Å²) in [6.07, 6.45) is 0.763. The van der Waals surface area contributed by atoms with Gasteiger partial charge >= 0.3 is 0 Å². The molecule has 1 aromatic carbocycles. The predicted octanol–water partition coefficient (Wildman–Crippen LogP) is 1.22. The molecule has 0 aliphatic heterocycles. The first kappa shape index (κ1) is 16.2. The number of rotatable bonds is 8. The summed E-state index contributed by atoms with van der Waals surface area (Å²) in [6, 6.07) is 8.93. The van der Waals surface area contributed by atoms with Gasteiger partial charge in [-0.3, -0.25) is 9.59 Å². The average molecular weight is 278 g/mol. The van der Waals surface area contributed by atoms with Crippen LogP contribution < -0.4 is 11.1 Å². The van der Waals surface area contributed by atoms with Crippen molar-refractivity contribution >= 4 is 11.8 Å². The molecule has 2 amide bonds. The molecule has 0 heterocycles. The number of nitrogens with two attached hydrogens (primary N) is 1. The number of benzene rings is 1. The fourth-order valence-electron chi connectivity index (χ4n) is 1.78. The Labute approximate surface area is 119 Å². The number of hydrogen-bond acceptors (Lipinski definition) is 3. The molecule has 0 aliphatic rings. The van der Waals surface area contributed by atoms with Crippen LogP contribution in [0, 0.1) is 5.92 Å². The van der Waals surface area contributed by atoms with Gasteiger partial charge in [0, 0.05) is 0 Å². The first-order chi connectivity index (χ1) is 9.54. The lowest BCUT2D eigenvalue weighted by atomic mass is 9.99. The van der Waals surface area contributed by atoms with Crippen LogP contribution in [0.3, 0.4) is 0 Å². The van der Waals surface area contributed by atoms with Crippen LogP contribution in [0.4, 0.5) is 0 Å². The number of carbonyl (C=O) groups excluding carboxylic acids is 2. The molecule has 0 saturated heterocycles. The molecule has 2 atom stereocenters. The van der Waals surface area contributed by atoms with Crippen molar-refractivity contribution in [2.45, 2.75) is 32.9 Å². The smallest absolute Gasteiger partial charge is 0.246 e. The number of ether oxygens (including phenoxy) is 1. The molecule has 0 bridgehead atoms. The molecule has 0 radical (unpaired) electrons. The van der Waals surface area contributed by atoms with Gasteiger partial charge < -0.3 is 15.8 Å². The summed E-state index contributed by atoms with van der Waals surface area (Å²) < 4.78 is 5.31. The Kier molecular flexibility index (Phi) is 6.73. The zero-order valence-electron chi connectivity index (χ0n) is 12.0. The highest BCUT2D eigenvalue weighted by molar-refractivity contribution is 5.87. The summed E-state index contributed by atoms with van der Waals surface area (Å²) in [5.41, 5.74) is 6.28. The van der Waals surface area contributed by atoms with E-state index in [1.54, 1.807) is 0 Å². The van der Waals surface area contributed by atoms with Gasteiger partial charge in [-0.15, -0.1) is 0 Å². The highest BCUT2D eigenvalue weighted by Gasteiger charge is 2.23. The zero-order valence-corrected chi connectivity index (χ0v) is 12.0. The molecular formula is C15H22N2O3. The summed E-state index contributed by atoms with van der Waals surface area (Å²) in [5, 5.41) is 2.61. The first-order valence-corrected chi connectivity index (χ1v) is 6.75. The van der Waals surface area contributed by atoms with Crippen molar-refractivity contribution in [1.82, 2.24) is 5.32 Å². The largest absolute Gasteiger partial charge is 0.368 e. The third kappa shape index (κ3) is 5.40. The Morgan fingerprint density at radius 1 is 1.30 bits per heavy atom. The van der Waals surface area contributed by atoms with Gasteiger partial charge in [0.05, 0.1) is 6.61 Å². The normalized spacial score (nSPS) is 13.5. The minimum Gasteiger partial charge on any atom is -0.368 e. The van der Waals surface area contributed by atoms with Gasteiger partial charge in [0.15, 0.2) is 0 Å². The summed E-state index contributed by atoms with van der Waals surface area (Å²) >= 11 is 0. The highest BCUT2D eigenvalue weighted by atomic mass is 16.5. The van der Waals surface area contributed by atoms with E-state index in [2.05, 4.69) is 5.32 Å². The van der Waals surface area contributed by atoms with Gasteiger partial charge in [0.1, 0.15) is 12.6 Å². The third-order valence-electron chi connectivity index (χ3n) is 3.18. The van der Waals surface area contributed by atoms with Gasteiger partial charge in [-0.05, 0) is 11.5 Å². The van der Waals surface area contributed by atoms with Crippen molar-refractivity contribution in [3.63, 3.8) is 0 Å². The minimum atomic E-state index is -0.646. The van der Waals surface area contributed by atoms with Crippen LogP contribution in [0.15, 0.2) is 30.3 Å². The van der Waals surface area contributed by atoms with Gasteiger partial charge in [-0.1, -0.05) is 50.6 Å². The average Bonchev–Trinajstić information content (AvgIpc) is 2.45. The summed E-state index contributed by atoms with van der Waals surface area (Å²) in [4.78, 5) is 23.0. The van der Waals surface area contributed by atoms with Gasteiger partial charge in [0.25, 0.3) is 0 Å². The lowest BCUT2D eigenvalue weighted by Crippen LogP contribution is -2.49. The van der Waals surface area contributed by atoms with Crippen LogP contribution in [-0.4, -0.2) is 24.5 Å². The highest BCUT2D eigenvalue weighted by Crippen LogP contribution is 2.07. The first-order valence-electron chi connectivity index (χ1n) is 6.75. The van der Waals surface area contributed by atoms with Crippen molar-refractivity contribution in [3.8, 4) is 0 Å². The molecule has 20 heavy (non-hydrogen) atoms. The Morgan fingerprint density at radius 2 is 1.95 bits per heavy atom. The van der Waals surface area contributed by atoms with E-state index in [0.29, 0.717) is 6.61 Å². The Hall–Kier alpha value is -1.88. The van der Waals surface area contributed by atoms with E-state index in [4.69, 9.17) is 10.5 Å². The molecule has 0 fully saturated rings. The van der Waals surface area contributed by atoms with Crippen LogP contribution in [0.5, 0.6) is 0 Å². The molecular weight excluding hydrogens is 256 g/mol. The Bertz CT molecular complexity index is 434. The van der Waals surface area contributed by atoms with E-state index in [1.807, 2.05) is 44.2 Å². The summed E-state index contributed by atoms with van der Waals surface area (Å²) in [6.45, 7) is 4.09. The molecule has 0 aliphatic carbocycles. The van der Waals surface area contributed by atoms with Crippen molar-refractivity contribution < 1.29 is 14.3 Å². The SMILES string of the molecule is CC[C@@H](C)[C@H](NC(=O)COCc1ccccc1)C(N)=O. The molecule has 1 rings (SSSR count). The standard InChI is InChI=1S/C15H22N2O3/c1-3-11(2)14(15(16)19)17-13(18)10-20-9-12-7-5-4-6-8-12/h4-8,11,14H,3,9-10H2,1-2H3,(H2,16,19)(H,17,18)/t11-,14+/m1/s1. The molecule has 0 spiro atoms. The predicted molar refractivity (Wildman–Crippen MR) is 76.7 cm³/mol. The maximum absolute atomic E-state index is 11.7. The van der Waals surface area contributed by atoms with E-state index in [9.17, 15) is 9.59 Å². The quantitative estimate of drug-likeness (QED) is 0.750. The maximum Gasteiger partial charge on any atom is 0.246 e. The van der Waals surface area contributed by atoms with Gasteiger partial charge in [-0.2, -0.15) is 0 Å². The molecule has 0 aromatic heterocycles. The molecule has 5 nitrogen and oxygen atoms in total. The molecule has 3 N–H and O–H groups in total. The number of primary amides is 1. The second kappa shape index (κ2) is 8.32. The Morgan fingerprint density at radius 3 is 2.50 bits per heavy atom. The number of hydrogen-bond donors (Lipinski definition) is 2. The van der Waals surface area contributed by atoms with E-state index in [1.165, 1.54) is 0 Å². The van der Waals surface area contributed by atoms with Crippen LogP contribution >= 0.6 is 0 Å². The van der Waals surface area contributed by atoms with Crippen LogP contribution in [0.2, 0.25) is 0 Å². The molecule has 110 valence electrons. The monoisotopic (exact) mass is 278 g/mol. The maximum atomic E-state index is 11.7. The van der Waals surface area contributed by atoms with Crippen molar-refractivity contribution in [1.29, 1.82) is 0 Å². The summed E-state index contributed by atoms with van der Waals surface area (Å²) in [7, 11) is 0. The lowest BCUT2D eigenvalue weighted by Gasteiger charge is -2.21. The lowest BCUT2D eigenvalue weighted by molar-refractivity contribution is -0.131. The van der Waals surface area contributed by atoms with Crippen LogP contribution in [-0.2, 0) is 20.9 Å². The number of amides is 2. The van der Waals surface area contributed by atoms with Gasteiger partial charge in [0.2, 0.25) is 11.8 Å². The molecule has 5 heteroatoms. The fourth-order valence-corrected chi connectivity index (χ4v) is 1.78. The number of carbonyl (C=O) groups is 2. The third-order valence-corrected chi connectivity index (χ3v) is 3.18. The molecule has 1 aromatic rings. The topological polar surface area (TPSA) is 81.4 Å². The van der Waals surface area contributed by atoms with E-state index >= 15 is 0 Å². The van der Waals surface area contributed by atoms with Crippen molar-refractivity contribution in [2.24, 2.45) is 11.7 Å². The second-order valence-corrected chi connectivity index (χ2v) is 4.81. The molecule has 0 unspecified atom stereocenters. The van der Waals surface area contributed by atoms with E-state index in [0.717, 1.165) is 12.0 Å². The van der Waals surface area contributed by atoms with Crippen LogP contribution in [0.25, 0.3) is 0 Å². The zero-order chi connectivity index (χ0) is 15.0. The van der Waals surface area contributed by atoms with E-state index < -0.39 is 11.9 Å². The second-order valence-electron chi connectivity index (χ2n) is 4.81. The van der Waals surface area contributed by atoms with Crippen molar-refractivity contribution in [3.05, 3.63) is 35.9 Å².